The fourth-order valence-corrected chi connectivity index (χ4v) is 4.47. The van der Waals surface area contributed by atoms with Crippen molar-refractivity contribution < 1.29 is 14.0 Å². The van der Waals surface area contributed by atoms with Gasteiger partial charge in [-0.25, -0.2) is 4.39 Å². The zero-order chi connectivity index (χ0) is 19.1. The molecule has 27 heavy (non-hydrogen) atoms. The SMILES string of the molecule is C=CC(=O)N1CCCC(c2c(F)cc(C(N)=O)c3c2-c2ccccc2C3)C1. The maximum absolute atomic E-state index is 15.2. The second-order valence-corrected chi connectivity index (χ2v) is 7.20. The topological polar surface area (TPSA) is 63.4 Å². The summed E-state index contributed by atoms with van der Waals surface area (Å²) in [6.07, 6.45) is 3.47. The summed E-state index contributed by atoms with van der Waals surface area (Å²) in [5.41, 5.74) is 9.98. The van der Waals surface area contributed by atoms with Gasteiger partial charge in [0.15, 0.2) is 0 Å². The van der Waals surface area contributed by atoms with Gasteiger partial charge in [0, 0.05) is 30.1 Å². The van der Waals surface area contributed by atoms with Crippen molar-refractivity contribution in [3.05, 3.63) is 71.1 Å². The fourth-order valence-electron chi connectivity index (χ4n) is 4.47. The normalized spacial score (nSPS) is 18.0. The van der Waals surface area contributed by atoms with Crippen LogP contribution in [0.4, 0.5) is 4.39 Å². The van der Waals surface area contributed by atoms with Crippen LogP contribution in [0.2, 0.25) is 0 Å². The van der Waals surface area contributed by atoms with Gasteiger partial charge < -0.3 is 10.6 Å². The predicted molar refractivity (Wildman–Crippen MR) is 102 cm³/mol. The fraction of sp³-hybridized carbons (Fsp3) is 0.273. The van der Waals surface area contributed by atoms with E-state index < -0.39 is 11.7 Å². The summed E-state index contributed by atoms with van der Waals surface area (Å²) in [6.45, 7) is 4.66. The molecular formula is C22H21FN2O2. The molecule has 138 valence electrons. The number of rotatable bonds is 3. The number of hydrogen-bond donors (Lipinski definition) is 1. The highest BCUT2D eigenvalue weighted by atomic mass is 19.1. The molecule has 5 heteroatoms. The molecule has 0 aromatic heterocycles. The Kier molecular flexibility index (Phi) is 4.30. The second-order valence-electron chi connectivity index (χ2n) is 7.20. The van der Waals surface area contributed by atoms with E-state index in [1.54, 1.807) is 4.90 Å². The summed E-state index contributed by atoms with van der Waals surface area (Å²) in [5, 5.41) is 0. The van der Waals surface area contributed by atoms with E-state index in [1.807, 2.05) is 24.3 Å². The van der Waals surface area contributed by atoms with Crippen LogP contribution >= 0.6 is 0 Å². The lowest BCUT2D eigenvalue weighted by atomic mass is 9.83. The van der Waals surface area contributed by atoms with Gasteiger partial charge >= 0.3 is 0 Å². The molecule has 0 spiro atoms. The van der Waals surface area contributed by atoms with Gasteiger partial charge in [-0.2, -0.15) is 0 Å². The predicted octanol–water partition coefficient (Wildman–Crippen LogP) is 3.39. The maximum atomic E-state index is 15.2. The van der Waals surface area contributed by atoms with E-state index in [-0.39, 0.29) is 17.4 Å². The average Bonchev–Trinajstić information content (AvgIpc) is 3.06. The third-order valence-corrected chi connectivity index (χ3v) is 5.66. The molecule has 1 aliphatic heterocycles. The Labute approximate surface area is 157 Å². The molecule has 1 fully saturated rings. The summed E-state index contributed by atoms with van der Waals surface area (Å²) < 4.78 is 15.2. The van der Waals surface area contributed by atoms with E-state index in [2.05, 4.69) is 6.58 Å². The first-order valence-electron chi connectivity index (χ1n) is 9.16. The Morgan fingerprint density at radius 3 is 2.81 bits per heavy atom. The highest BCUT2D eigenvalue weighted by molar-refractivity contribution is 5.99. The molecule has 2 amide bonds. The highest BCUT2D eigenvalue weighted by Gasteiger charge is 2.33. The molecule has 2 N–H and O–H groups in total. The molecule has 0 saturated carbocycles. The summed E-state index contributed by atoms with van der Waals surface area (Å²) in [5.74, 6) is -1.29. The largest absolute Gasteiger partial charge is 0.366 e. The summed E-state index contributed by atoms with van der Waals surface area (Å²) >= 11 is 0. The van der Waals surface area contributed by atoms with Gasteiger partial charge in [0.05, 0.1) is 0 Å². The van der Waals surface area contributed by atoms with Crippen LogP contribution in [-0.2, 0) is 11.2 Å². The molecule has 1 saturated heterocycles. The number of primary amides is 1. The minimum atomic E-state index is -0.614. The quantitative estimate of drug-likeness (QED) is 0.724. The smallest absolute Gasteiger partial charge is 0.249 e. The number of piperidine rings is 1. The first kappa shape index (κ1) is 17.5. The number of likely N-dealkylation sites (tertiary alicyclic amines) is 1. The van der Waals surface area contributed by atoms with E-state index >= 15 is 4.39 Å². The molecule has 0 bridgehead atoms. The van der Waals surface area contributed by atoms with Crippen molar-refractivity contribution in [3.8, 4) is 11.1 Å². The lowest BCUT2D eigenvalue weighted by molar-refractivity contribution is -0.127. The lowest BCUT2D eigenvalue weighted by Gasteiger charge is -2.33. The van der Waals surface area contributed by atoms with Gasteiger partial charge in [-0.1, -0.05) is 30.8 Å². The number of hydrogen-bond acceptors (Lipinski definition) is 2. The minimum Gasteiger partial charge on any atom is -0.366 e. The third-order valence-electron chi connectivity index (χ3n) is 5.66. The molecular weight excluding hydrogens is 343 g/mol. The average molecular weight is 364 g/mol. The second kappa shape index (κ2) is 6.65. The molecule has 1 heterocycles. The molecule has 2 aromatic carbocycles. The van der Waals surface area contributed by atoms with E-state index in [0.717, 1.165) is 35.1 Å². The lowest BCUT2D eigenvalue weighted by Crippen LogP contribution is -2.38. The van der Waals surface area contributed by atoms with Crippen LogP contribution in [-0.4, -0.2) is 29.8 Å². The van der Waals surface area contributed by atoms with E-state index in [9.17, 15) is 9.59 Å². The molecule has 1 atom stereocenters. The van der Waals surface area contributed by atoms with Gasteiger partial charge in [-0.15, -0.1) is 0 Å². The van der Waals surface area contributed by atoms with Gasteiger partial charge in [0.25, 0.3) is 0 Å². The van der Waals surface area contributed by atoms with E-state index in [1.165, 1.54) is 12.1 Å². The van der Waals surface area contributed by atoms with Crippen molar-refractivity contribution in [1.29, 1.82) is 0 Å². The Hall–Kier alpha value is -2.95. The molecule has 2 aromatic rings. The van der Waals surface area contributed by atoms with Crippen molar-refractivity contribution in [2.24, 2.45) is 5.73 Å². The number of nitrogens with two attached hydrogens (primary N) is 1. The number of amides is 2. The zero-order valence-electron chi connectivity index (χ0n) is 15.0. The molecule has 4 nitrogen and oxygen atoms in total. The molecule has 4 rings (SSSR count). The number of nitrogens with zero attached hydrogens (tertiary/aromatic N) is 1. The summed E-state index contributed by atoms with van der Waals surface area (Å²) in [7, 11) is 0. The first-order valence-corrected chi connectivity index (χ1v) is 9.16. The van der Waals surface area contributed by atoms with Crippen molar-refractivity contribution in [2.75, 3.05) is 13.1 Å². The monoisotopic (exact) mass is 364 g/mol. The van der Waals surface area contributed by atoms with Crippen LogP contribution < -0.4 is 5.73 Å². The van der Waals surface area contributed by atoms with Gasteiger partial charge in [-0.05, 0) is 53.7 Å². The van der Waals surface area contributed by atoms with Crippen LogP contribution in [0.25, 0.3) is 11.1 Å². The number of halogens is 1. The maximum Gasteiger partial charge on any atom is 0.249 e. The van der Waals surface area contributed by atoms with Crippen molar-refractivity contribution in [3.63, 3.8) is 0 Å². The van der Waals surface area contributed by atoms with E-state index in [0.29, 0.717) is 25.1 Å². The Bertz CT molecular complexity index is 967. The van der Waals surface area contributed by atoms with Crippen molar-refractivity contribution in [2.45, 2.75) is 25.2 Å². The number of benzene rings is 2. The number of carbonyl (C=O) groups excluding carboxylic acids is 2. The van der Waals surface area contributed by atoms with Crippen LogP contribution in [0.5, 0.6) is 0 Å². The third kappa shape index (κ3) is 2.83. The number of fused-ring (bicyclic) bond motifs is 3. The van der Waals surface area contributed by atoms with Gasteiger partial charge in [-0.3, -0.25) is 9.59 Å². The van der Waals surface area contributed by atoms with E-state index in [4.69, 9.17) is 5.73 Å². The zero-order valence-corrected chi connectivity index (χ0v) is 15.0. The van der Waals surface area contributed by atoms with Crippen LogP contribution in [0.1, 0.15) is 45.8 Å². The standard InChI is InChI=1S/C22H21FN2O2/c1-2-19(26)25-9-5-7-14(12-25)20-18(23)11-17(22(24)27)16-10-13-6-3-4-8-15(13)21(16)20/h2-4,6,8,11,14H,1,5,7,9-10,12H2,(H2,24,27). The van der Waals surface area contributed by atoms with Crippen LogP contribution in [0.15, 0.2) is 43.0 Å². The Morgan fingerprint density at radius 2 is 2.07 bits per heavy atom. The molecule has 0 radical (unpaired) electrons. The highest BCUT2D eigenvalue weighted by Crippen LogP contribution is 2.45. The summed E-state index contributed by atoms with van der Waals surface area (Å²) in [4.78, 5) is 25.7. The summed E-state index contributed by atoms with van der Waals surface area (Å²) in [6, 6.07) is 9.09. The first-order chi connectivity index (χ1) is 13.0. The molecule has 1 unspecified atom stereocenters. The van der Waals surface area contributed by atoms with Crippen LogP contribution in [0.3, 0.4) is 0 Å². The molecule has 2 aliphatic rings. The molecule has 1 aliphatic carbocycles. The van der Waals surface area contributed by atoms with Gasteiger partial charge in [0.2, 0.25) is 11.8 Å². The van der Waals surface area contributed by atoms with Crippen molar-refractivity contribution >= 4 is 11.8 Å². The van der Waals surface area contributed by atoms with Crippen LogP contribution in [0, 0.1) is 5.82 Å². The number of carbonyl (C=O) groups is 2. The van der Waals surface area contributed by atoms with Gasteiger partial charge in [0.1, 0.15) is 5.82 Å². The Morgan fingerprint density at radius 1 is 1.30 bits per heavy atom. The van der Waals surface area contributed by atoms with Crippen molar-refractivity contribution in [1.82, 2.24) is 4.90 Å². The minimum absolute atomic E-state index is 0.121. The Balaban J connectivity index is 1.88.